The number of alkyl halides is 2. The number of pyridine rings is 1. The maximum Gasteiger partial charge on any atom is 0.281 e. The maximum atomic E-state index is 14.4. The van der Waals surface area contributed by atoms with E-state index in [0.29, 0.717) is 50.2 Å². The number of ether oxygens (including phenoxy) is 2. The topological polar surface area (TPSA) is 85.4 Å². The van der Waals surface area contributed by atoms with Crippen LogP contribution in [0.2, 0.25) is 0 Å². The van der Waals surface area contributed by atoms with Crippen LogP contribution in [0.3, 0.4) is 0 Å². The van der Waals surface area contributed by atoms with Crippen molar-refractivity contribution in [3.8, 4) is 0 Å². The standard InChI is InChI=1S/C31H45F2N7O2.C2H6O.2C2H6/c1-5-7-25-26(40-20-24(21-40)37-13-15-39(16-14-37)28(41)6-2)18-27(36-29(25)30(32)33)38-11-8-31(9-12-38)23(4)22(3)19-35-34-10-17-42-31;1-3-2;2*1-2/h5-7,18,24,30,34-35H,2,8-17,19-21H2,1,3-4H3;1-2H3;2*1-2H3/b7-5-,23-22+;;;. The number of halogens is 2. The Morgan fingerprint density at radius 1 is 1.04 bits per heavy atom. The first-order chi connectivity index (χ1) is 23.7. The second-order valence-electron chi connectivity index (χ2n) is 12.1. The van der Waals surface area contributed by atoms with Gasteiger partial charge in [0.1, 0.15) is 11.5 Å². The number of piperidine rings is 1. The van der Waals surface area contributed by atoms with Gasteiger partial charge in [-0.3, -0.25) is 20.5 Å². The van der Waals surface area contributed by atoms with Crippen molar-refractivity contribution in [3.63, 3.8) is 0 Å². The summed E-state index contributed by atoms with van der Waals surface area (Å²) in [5, 5.41) is 0. The fourth-order valence-corrected chi connectivity index (χ4v) is 6.62. The molecule has 0 atom stereocenters. The molecule has 1 aromatic heterocycles. The van der Waals surface area contributed by atoms with Gasteiger partial charge < -0.3 is 24.2 Å². The number of methoxy groups -OCH3 is 1. The van der Waals surface area contributed by atoms with Crippen molar-refractivity contribution in [1.82, 2.24) is 25.6 Å². The van der Waals surface area contributed by atoms with Gasteiger partial charge in [0.25, 0.3) is 6.43 Å². The molecule has 2 N–H and O–H groups in total. The molecule has 4 aliphatic rings. The normalized spacial score (nSPS) is 21.7. The van der Waals surface area contributed by atoms with Gasteiger partial charge in [-0.05, 0) is 45.3 Å². The van der Waals surface area contributed by atoms with Crippen LogP contribution in [0.4, 0.5) is 20.3 Å². The van der Waals surface area contributed by atoms with Crippen molar-refractivity contribution < 1.29 is 23.0 Å². The Labute approximate surface area is 294 Å². The van der Waals surface area contributed by atoms with Crippen molar-refractivity contribution in [2.45, 2.75) is 79.4 Å². The number of hydrazine groups is 1. The molecule has 4 aliphatic heterocycles. The number of rotatable bonds is 6. The van der Waals surface area contributed by atoms with Crippen molar-refractivity contribution in [3.05, 3.63) is 47.2 Å². The Balaban J connectivity index is 0.00000111. The average molecular weight is 692 g/mol. The van der Waals surface area contributed by atoms with E-state index >= 15 is 0 Å². The molecular weight excluding hydrogens is 628 g/mol. The second-order valence-corrected chi connectivity index (χ2v) is 12.1. The van der Waals surface area contributed by atoms with Crippen LogP contribution < -0.4 is 20.7 Å². The Hall–Kier alpha value is -2.90. The molecule has 0 unspecified atom stereocenters. The molecule has 1 amide bonds. The highest BCUT2D eigenvalue weighted by atomic mass is 19.3. The first kappa shape index (κ1) is 42.3. The first-order valence-electron chi connectivity index (χ1n) is 18.0. The quantitative estimate of drug-likeness (QED) is 0.289. The lowest BCUT2D eigenvalue weighted by molar-refractivity contribution is -0.128. The summed E-state index contributed by atoms with van der Waals surface area (Å²) in [6.45, 7) is 25.7. The molecule has 1 aromatic rings. The lowest BCUT2D eigenvalue weighted by Gasteiger charge is -2.49. The predicted octanol–water partition coefficient (Wildman–Crippen LogP) is 5.69. The number of hydrogen-bond acceptors (Lipinski definition) is 9. The van der Waals surface area contributed by atoms with E-state index in [1.807, 2.05) is 45.6 Å². The zero-order valence-corrected chi connectivity index (χ0v) is 31.6. The summed E-state index contributed by atoms with van der Waals surface area (Å²) < 4.78 is 39.6. The minimum Gasteiger partial charge on any atom is -0.388 e. The van der Waals surface area contributed by atoms with Crippen molar-refractivity contribution in [1.29, 1.82) is 0 Å². The van der Waals surface area contributed by atoms with Crippen molar-refractivity contribution in [2.75, 3.05) is 96.1 Å². The third-order valence-electron chi connectivity index (χ3n) is 9.42. The summed E-state index contributed by atoms with van der Waals surface area (Å²) >= 11 is 0. The van der Waals surface area contributed by atoms with Gasteiger partial charge in [-0.15, -0.1) is 0 Å². The van der Waals surface area contributed by atoms with E-state index in [-0.39, 0.29) is 17.2 Å². The summed E-state index contributed by atoms with van der Waals surface area (Å²) in [6, 6.07) is 2.33. The van der Waals surface area contributed by atoms with Crippen molar-refractivity contribution in [2.24, 2.45) is 0 Å². The number of amides is 1. The monoisotopic (exact) mass is 691 g/mol. The Bertz CT molecular complexity index is 1220. The van der Waals surface area contributed by atoms with Crippen LogP contribution >= 0.6 is 0 Å². The van der Waals surface area contributed by atoms with Crippen LogP contribution in [0, 0.1) is 0 Å². The molecule has 10 nitrogen and oxygen atoms in total. The fraction of sp³-hybridized carbons (Fsp3) is 0.676. The molecule has 3 fully saturated rings. The number of hydrogen-bond donors (Lipinski definition) is 2. The van der Waals surface area contributed by atoms with Crippen LogP contribution in [0.1, 0.15) is 79.0 Å². The van der Waals surface area contributed by atoms with Gasteiger partial charge in [0.15, 0.2) is 0 Å². The number of carbonyl (C=O) groups excluding carboxylic acids is 1. The van der Waals surface area contributed by atoms with Gasteiger partial charge >= 0.3 is 0 Å². The fourth-order valence-electron chi connectivity index (χ4n) is 6.62. The molecule has 0 saturated carbocycles. The van der Waals surface area contributed by atoms with Gasteiger partial charge in [-0.25, -0.2) is 13.8 Å². The SMILES string of the molecule is C=CC(=O)N1CCN(C2CN(c3cc(N4CCC5(CC4)OCCNNC/C(C)=C/5C)nc(C(F)F)c3/C=C\C)C2)CC1.CC.CC.COC. The highest BCUT2D eigenvalue weighted by molar-refractivity contribution is 5.87. The molecule has 49 heavy (non-hydrogen) atoms. The molecule has 5 rings (SSSR count). The highest BCUT2D eigenvalue weighted by Gasteiger charge is 2.40. The zero-order valence-electron chi connectivity index (χ0n) is 31.6. The number of nitrogens with one attached hydrogen (secondary N) is 2. The highest BCUT2D eigenvalue weighted by Crippen LogP contribution is 2.40. The molecule has 0 aromatic carbocycles. The van der Waals surface area contributed by atoms with E-state index in [9.17, 15) is 13.6 Å². The van der Waals surface area contributed by atoms with E-state index in [0.717, 1.165) is 57.8 Å². The van der Waals surface area contributed by atoms with Gasteiger partial charge in [0.05, 0.1) is 12.2 Å². The van der Waals surface area contributed by atoms with E-state index in [2.05, 4.69) is 55.7 Å². The Morgan fingerprint density at radius 2 is 1.65 bits per heavy atom. The van der Waals surface area contributed by atoms with Gasteiger partial charge in [-0.2, -0.15) is 0 Å². The summed E-state index contributed by atoms with van der Waals surface area (Å²) in [6.07, 6.45) is 3.81. The molecule has 0 radical (unpaired) electrons. The molecule has 1 spiro atoms. The molecular formula is C37H63F2N7O3. The number of piperazine rings is 1. The minimum atomic E-state index is -2.68. The smallest absolute Gasteiger partial charge is 0.281 e. The molecule has 0 bridgehead atoms. The number of allylic oxidation sites excluding steroid dienone is 1. The summed E-state index contributed by atoms with van der Waals surface area (Å²) in [4.78, 5) is 25.1. The third kappa shape index (κ3) is 10.8. The second kappa shape index (κ2) is 21.3. The van der Waals surface area contributed by atoms with E-state index < -0.39 is 6.43 Å². The van der Waals surface area contributed by atoms with Gasteiger partial charge in [-0.1, -0.05) is 52.0 Å². The van der Waals surface area contributed by atoms with Crippen LogP contribution in [-0.4, -0.2) is 119 Å². The molecule has 12 heteroatoms. The summed E-state index contributed by atoms with van der Waals surface area (Å²) in [7, 11) is 3.25. The maximum absolute atomic E-state index is 14.4. The van der Waals surface area contributed by atoms with E-state index in [4.69, 9.17) is 4.74 Å². The lowest BCUT2D eigenvalue weighted by atomic mass is 9.82. The van der Waals surface area contributed by atoms with Gasteiger partial charge in [0.2, 0.25) is 5.91 Å². The van der Waals surface area contributed by atoms with Crippen LogP contribution in [0.25, 0.3) is 6.08 Å². The molecule has 0 aliphatic carbocycles. The molecule has 3 saturated heterocycles. The van der Waals surface area contributed by atoms with E-state index in [1.165, 1.54) is 17.2 Å². The third-order valence-corrected chi connectivity index (χ3v) is 9.42. The number of anilines is 2. The van der Waals surface area contributed by atoms with E-state index in [1.54, 1.807) is 26.4 Å². The average Bonchev–Trinajstić information content (AvgIpc) is 3.17. The largest absolute Gasteiger partial charge is 0.388 e. The molecule has 5 heterocycles. The zero-order chi connectivity index (χ0) is 36.6. The number of nitrogens with zero attached hydrogens (tertiary/aromatic N) is 5. The van der Waals surface area contributed by atoms with Crippen LogP contribution in [0.5, 0.6) is 0 Å². The predicted molar refractivity (Wildman–Crippen MR) is 198 cm³/mol. The Kier molecular flexibility index (Phi) is 18.4. The summed E-state index contributed by atoms with van der Waals surface area (Å²) in [5.74, 6) is 0.577. The Morgan fingerprint density at radius 3 is 2.20 bits per heavy atom. The van der Waals surface area contributed by atoms with Crippen LogP contribution in [0.15, 0.2) is 35.9 Å². The molecule has 278 valence electrons. The van der Waals surface area contributed by atoms with Crippen molar-refractivity contribution >= 4 is 23.5 Å². The van der Waals surface area contributed by atoms with Gasteiger partial charge in [0, 0.05) is 103 Å². The van der Waals surface area contributed by atoms with Crippen LogP contribution in [-0.2, 0) is 14.3 Å². The lowest BCUT2D eigenvalue weighted by Crippen LogP contribution is -2.63. The minimum absolute atomic E-state index is 0.0275. The number of aromatic nitrogens is 1. The first-order valence-corrected chi connectivity index (χ1v) is 18.0. The summed E-state index contributed by atoms with van der Waals surface area (Å²) in [5.41, 5.74) is 9.75. The number of carbonyl (C=O) groups is 1.